The maximum absolute atomic E-state index is 11.6. The third-order valence-corrected chi connectivity index (χ3v) is 3.58. The number of aliphatic hydroxyl groups is 2. The lowest BCUT2D eigenvalue weighted by molar-refractivity contribution is 0.0129. The van der Waals surface area contributed by atoms with E-state index in [0.29, 0.717) is 5.56 Å². The van der Waals surface area contributed by atoms with Crippen molar-refractivity contribution in [1.29, 1.82) is 0 Å². The molecule has 2 unspecified atom stereocenters. The minimum absolute atomic E-state index is 0.101. The fraction of sp³-hybridized carbons (Fsp3) is 0.350. The Hall–Kier alpha value is -2.37. The van der Waals surface area contributed by atoms with Crippen LogP contribution >= 0.6 is 0 Å². The summed E-state index contributed by atoms with van der Waals surface area (Å²) in [6.45, 7) is 5.17. The summed E-state index contributed by atoms with van der Waals surface area (Å²) in [7, 11) is 0. The van der Waals surface area contributed by atoms with E-state index in [1.807, 2.05) is 42.5 Å². The number of hydrogen-bond acceptors (Lipinski definition) is 4. The molecule has 0 aliphatic heterocycles. The van der Waals surface area contributed by atoms with Crippen molar-refractivity contribution in [3.63, 3.8) is 0 Å². The molecule has 5 nitrogen and oxygen atoms in total. The Labute approximate surface area is 148 Å². The quantitative estimate of drug-likeness (QED) is 0.778. The molecule has 0 saturated heterocycles. The predicted molar refractivity (Wildman–Crippen MR) is 97.1 cm³/mol. The van der Waals surface area contributed by atoms with Crippen molar-refractivity contribution in [2.45, 2.75) is 38.6 Å². The summed E-state index contributed by atoms with van der Waals surface area (Å²) in [5, 5.41) is 22.8. The zero-order valence-electron chi connectivity index (χ0n) is 14.8. The molecule has 0 heterocycles. The van der Waals surface area contributed by atoms with Gasteiger partial charge in [-0.05, 0) is 37.5 Å². The van der Waals surface area contributed by atoms with E-state index in [1.54, 1.807) is 32.9 Å². The first-order valence-corrected chi connectivity index (χ1v) is 8.24. The summed E-state index contributed by atoms with van der Waals surface area (Å²) < 4.78 is 5.10. The molecule has 0 saturated carbocycles. The zero-order valence-corrected chi connectivity index (χ0v) is 14.8. The smallest absolute Gasteiger partial charge is 0.407 e. The van der Waals surface area contributed by atoms with Gasteiger partial charge in [-0.25, -0.2) is 4.79 Å². The van der Waals surface area contributed by atoms with Gasteiger partial charge < -0.3 is 20.3 Å². The van der Waals surface area contributed by atoms with E-state index in [2.05, 4.69) is 5.32 Å². The molecule has 0 aliphatic carbocycles. The molecule has 0 fully saturated rings. The Kier molecular flexibility index (Phi) is 6.17. The van der Waals surface area contributed by atoms with Crippen LogP contribution in [0.15, 0.2) is 54.6 Å². The number of aliphatic hydroxyl groups excluding tert-OH is 2. The molecule has 0 spiro atoms. The van der Waals surface area contributed by atoms with E-state index in [-0.39, 0.29) is 6.54 Å². The third kappa shape index (κ3) is 5.89. The van der Waals surface area contributed by atoms with Crippen LogP contribution in [0.4, 0.5) is 4.79 Å². The van der Waals surface area contributed by atoms with Crippen LogP contribution < -0.4 is 5.32 Å². The highest BCUT2D eigenvalue weighted by Gasteiger charge is 2.21. The van der Waals surface area contributed by atoms with Gasteiger partial charge in [0.05, 0.1) is 0 Å². The second-order valence-electron chi connectivity index (χ2n) is 6.88. The number of amides is 1. The fourth-order valence-corrected chi connectivity index (χ4v) is 2.34. The number of carbonyl (C=O) groups excluding carboxylic acids is 1. The summed E-state index contributed by atoms with van der Waals surface area (Å²) >= 11 is 0. The van der Waals surface area contributed by atoms with E-state index in [9.17, 15) is 15.0 Å². The Morgan fingerprint density at radius 2 is 1.56 bits per heavy atom. The van der Waals surface area contributed by atoms with Gasteiger partial charge in [-0.3, -0.25) is 0 Å². The van der Waals surface area contributed by atoms with Gasteiger partial charge in [0.15, 0.2) is 0 Å². The van der Waals surface area contributed by atoms with Gasteiger partial charge in [-0.15, -0.1) is 0 Å². The molecule has 2 rings (SSSR count). The second kappa shape index (κ2) is 8.14. The van der Waals surface area contributed by atoms with Crippen LogP contribution in [0.2, 0.25) is 0 Å². The topological polar surface area (TPSA) is 78.8 Å². The van der Waals surface area contributed by atoms with E-state index in [0.717, 1.165) is 11.1 Å². The number of rotatable bonds is 5. The predicted octanol–water partition coefficient (Wildman–Crippen LogP) is 3.27. The first-order chi connectivity index (χ1) is 11.8. The highest BCUT2D eigenvalue weighted by atomic mass is 16.6. The van der Waals surface area contributed by atoms with Crippen molar-refractivity contribution in [1.82, 2.24) is 5.32 Å². The van der Waals surface area contributed by atoms with Gasteiger partial charge in [-0.2, -0.15) is 0 Å². The number of ether oxygens (including phenoxy) is 1. The Balaban J connectivity index is 1.93. The maximum Gasteiger partial charge on any atom is 0.407 e. The molecule has 3 N–H and O–H groups in total. The number of nitrogens with one attached hydrogen (secondary N) is 1. The van der Waals surface area contributed by atoms with Crippen molar-refractivity contribution in [3.8, 4) is 11.1 Å². The Bertz CT molecular complexity index is 677. The highest BCUT2D eigenvalue weighted by Crippen LogP contribution is 2.23. The highest BCUT2D eigenvalue weighted by molar-refractivity contribution is 5.67. The zero-order chi connectivity index (χ0) is 18.4. The van der Waals surface area contributed by atoms with Crippen molar-refractivity contribution < 1.29 is 19.7 Å². The number of benzene rings is 2. The molecule has 0 aromatic heterocycles. The first-order valence-electron chi connectivity index (χ1n) is 8.24. The summed E-state index contributed by atoms with van der Waals surface area (Å²) in [5.41, 5.74) is 2.08. The molecule has 25 heavy (non-hydrogen) atoms. The van der Waals surface area contributed by atoms with Crippen LogP contribution in [0.5, 0.6) is 0 Å². The monoisotopic (exact) mass is 343 g/mol. The Morgan fingerprint density at radius 1 is 1.00 bits per heavy atom. The number of hydrogen-bond donors (Lipinski definition) is 3. The molecule has 5 heteroatoms. The largest absolute Gasteiger partial charge is 0.444 e. The van der Waals surface area contributed by atoms with Crippen molar-refractivity contribution in [3.05, 3.63) is 60.2 Å². The van der Waals surface area contributed by atoms with Crippen LogP contribution in [-0.2, 0) is 4.74 Å². The van der Waals surface area contributed by atoms with Crippen LogP contribution in [0.1, 0.15) is 32.4 Å². The van der Waals surface area contributed by atoms with Crippen LogP contribution in [0.3, 0.4) is 0 Å². The molecule has 134 valence electrons. The number of carbonyl (C=O) groups is 1. The minimum atomic E-state index is -1.13. The van der Waals surface area contributed by atoms with Crippen LogP contribution in [0, 0.1) is 0 Å². The van der Waals surface area contributed by atoms with Crippen molar-refractivity contribution >= 4 is 6.09 Å². The molecule has 2 aromatic carbocycles. The molecule has 2 aromatic rings. The molecule has 2 atom stereocenters. The molecule has 1 amide bonds. The first kappa shape index (κ1) is 19.0. The fourth-order valence-electron chi connectivity index (χ4n) is 2.34. The average Bonchev–Trinajstić information content (AvgIpc) is 2.58. The second-order valence-corrected chi connectivity index (χ2v) is 6.88. The lowest BCUT2D eigenvalue weighted by Gasteiger charge is -2.22. The van der Waals surface area contributed by atoms with E-state index >= 15 is 0 Å². The molecular formula is C20H25NO4. The number of alkyl carbamates (subject to hydrolysis) is 1. The standard InChI is InChI=1S/C20H25NO4/c1-20(2,3)25-19(24)21-13-17(22)18(23)16-11-9-15(10-12-16)14-7-5-4-6-8-14/h4-12,17-18,22-23H,13H2,1-3H3,(H,21,24). The van der Waals surface area contributed by atoms with Gasteiger partial charge in [0.2, 0.25) is 0 Å². The van der Waals surface area contributed by atoms with E-state index < -0.39 is 23.9 Å². The summed E-state index contributed by atoms with van der Waals surface area (Å²) in [4.78, 5) is 11.6. The van der Waals surface area contributed by atoms with Crippen LogP contribution in [0.25, 0.3) is 11.1 Å². The van der Waals surface area contributed by atoms with Crippen molar-refractivity contribution in [2.75, 3.05) is 6.54 Å². The van der Waals surface area contributed by atoms with E-state index in [1.165, 1.54) is 0 Å². The molecular weight excluding hydrogens is 318 g/mol. The van der Waals surface area contributed by atoms with Crippen molar-refractivity contribution in [2.24, 2.45) is 0 Å². The lowest BCUT2D eigenvalue weighted by atomic mass is 9.99. The lowest BCUT2D eigenvalue weighted by Crippen LogP contribution is -2.38. The summed E-state index contributed by atoms with van der Waals surface area (Å²) in [6, 6.07) is 17.2. The average molecular weight is 343 g/mol. The SMILES string of the molecule is CC(C)(C)OC(=O)NCC(O)C(O)c1ccc(-c2ccccc2)cc1. The maximum atomic E-state index is 11.6. The molecule has 0 aliphatic rings. The van der Waals surface area contributed by atoms with Gasteiger partial charge >= 0.3 is 6.09 Å². The Morgan fingerprint density at radius 3 is 2.12 bits per heavy atom. The minimum Gasteiger partial charge on any atom is -0.444 e. The van der Waals surface area contributed by atoms with Gasteiger partial charge in [0.25, 0.3) is 0 Å². The third-order valence-electron chi connectivity index (χ3n) is 3.58. The van der Waals surface area contributed by atoms with Crippen LogP contribution in [-0.4, -0.2) is 34.6 Å². The molecule has 0 bridgehead atoms. The normalized spacial score (nSPS) is 13.8. The van der Waals surface area contributed by atoms with Gasteiger partial charge in [0, 0.05) is 6.54 Å². The van der Waals surface area contributed by atoms with Gasteiger partial charge in [-0.1, -0.05) is 54.6 Å². The van der Waals surface area contributed by atoms with E-state index in [4.69, 9.17) is 4.74 Å². The summed E-state index contributed by atoms with van der Waals surface area (Å²) in [5.74, 6) is 0. The summed E-state index contributed by atoms with van der Waals surface area (Å²) in [6.07, 6.45) is -2.85. The van der Waals surface area contributed by atoms with Gasteiger partial charge in [0.1, 0.15) is 17.8 Å². The molecule has 0 radical (unpaired) electrons.